The van der Waals surface area contributed by atoms with Crippen LogP contribution in [0.25, 0.3) is 0 Å². The maximum Gasteiger partial charge on any atom is 0.414 e. The van der Waals surface area contributed by atoms with E-state index in [9.17, 15) is 24.0 Å². The Morgan fingerprint density at radius 2 is 0.939 bits per heavy atom. The van der Waals surface area contributed by atoms with E-state index in [-0.39, 0.29) is 17.8 Å². The smallest absolute Gasteiger partial charge is 0.414 e. The molecule has 0 aliphatic heterocycles. The number of nitrogens with one attached hydrogen (secondary N) is 6. The zero-order valence-corrected chi connectivity index (χ0v) is 31.7. The Morgan fingerprint density at radius 3 is 1.43 bits per heavy atom. The minimum atomic E-state index is -0.746. The lowest BCUT2D eigenvalue weighted by Crippen LogP contribution is -2.47. The first-order valence-corrected chi connectivity index (χ1v) is 17.5. The lowest BCUT2D eigenvalue weighted by atomic mass is 10.0. The van der Waals surface area contributed by atoms with Crippen LogP contribution in [0.1, 0.15) is 121 Å². The fourth-order valence-corrected chi connectivity index (χ4v) is 4.07. The number of nitrogens with zero attached hydrogens (tertiary/aromatic N) is 1. The van der Waals surface area contributed by atoms with Crippen LogP contribution in [0.4, 0.5) is 14.4 Å². The molecule has 0 saturated heterocycles. The monoisotopic (exact) mass is 699 g/mol. The number of hydrogen-bond donors (Lipinski definition) is 6. The first-order chi connectivity index (χ1) is 22.7. The summed E-state index contributed by atoms with van der Waals surface area (Å²) in [7, 11) is 0. The van der Waals surface area contributed by atoms with Crippen molar-refractivity contribution in [2.75, 3.05) is 39.3 Å². The lowest BCUT2D eigenvalue weighted by molar-refractivity contribution is -0.135. The van der Waals surface area contributed by atoms with Crippen molar-refractivity contribution >= 4 is 36.1 Å². The molecule has 5 amide bonds. The van der Waals surface area contributed by atoms with Crippen molar-refractivity contribution in [1.82, 2.24) is 31.9 Å². The number of ether oxygens (including phenoxy) is 3. The highest BCUT2D eigenvalue weighted by atomic mass is 16.6. The standard InChI is InChI=1S/C34H65N7O8/c1-11-25(27(43)37-22-17-16-19-35-20-18-24-39-29(44)47-32(2,3)4)26(42)36-21-14-12-13-15-23-38-28(40-30(45)48-33(5,6)7)41-31(46)49-34(8,9)10/h25,35H,11-24H2,1-10H3,(H,36,42)(H,37,43)(H,39,44)(H2,38,40,41,45,46). The van der Waals surface area contributed by atoms with Crippen LogP contribution in [-0.4, -0.2) is 92.1 Å². The predicted molar refractivity (Wildman–Crippen MR) is 190 cm³/mol. The van der Waals surface area contributed by atoms with E-state index in [1.165, 1.54) is 0 Å². The Hall–Kier alpha value is -3.62. The maximum atomic E-state index is 12.6. The summed E-state index contributed by atoms with van der Waals surface area (Å²) in [5.41, 5.74) is -1.95. The zero-order valence-electron chi connectivity index (χ0n) is 31.7. The van der Waals surface area contributed by atoms with E-state index in [1.54, 1.807) is 41.5 Å². The van der Waals surface area contributed by atoms with Gasteiger partial charge < -0.3 is 35.5 Å². The van der Waals surface area contributed by atoms with Crippen LogP contribution in [-0.2, 0) is 23.8 Å². The molecule has 0 saturated carbocycles. The van der Waals surface area contributed by atoms with Gasteiger partial charge in [0.1, 0.15) is 22.7 Å². The average molecular weight is 700 g/mol. The first-order valence-electron chi connectivity index (χ1n) is 17.5. The van der Waals surface area contributed by atoms with E-state index in [2.05, 4.69) is 36.9 Å². The van der Waals surface area contributed by atoms with Crippen LogP contribution in [0.2, 0.25) is 0 Å². The third kappa shape index (κ3) is 28.0. The number of carbonyl (C=O) groups excluding carboxylic acids is 5. The van der Waals surface area contributed by atoms with E-state index in [1.807, 2.05) is 27.7 Å². The normalized spacial score (nSPS) is 12.2. The molecule has 0 spiro atoms. The van der Waals surface area contributed by atoms with Crippen molar-refractivity contribution in [2.24, 2.45) is 10.9 Å². The average Bonchev–Trinajstić information content (AvgIpc) is 2.92. The summed E-state index contributed by atoms with van der Waals surface area (Å²) >= 11 is 0. The zero-order chi connectivity index (χ0) is 37.5. The highest BCUT2D eigenvalue weighted by Crippen LogP contribution is 2.09. The van der Waals surface area contributed by atoms with Gasteiger partial charge in [-0.1, -0.05) is 19.8 Å². The minimum Gasteiger partial charge on any atom is -0.444 e. The molecule has 0 radical (unpaired) electrons. The summed E-state index contributed by atoms with van der Waals surface area (Å²) in [6.45, 7) is 21.0. The van der Waals surface area contributed by atoms with Gasteiger partial charge in [0.05, 0.1) is 0 Å². The van der Waals surface area contributed by atoms with Crippen molar-refractivity contribution in [2.45, 2.75) is 137 Å². The fraction of sp³-hybridized carbons (Fsp3) is 0.824. The van der Waals surface area contributed by atoms with E-state index in [0.717, 1.165) is 51.6 Å². The molecule has 15 heteroatoms. The van der Waals surface area contributed by atoms with Gasteiger partial charge in [0.25, 0.3) is 0 Å². The van der Waals surface area contributed by atoms with Gasteiger partial charge in [-0.2, -0.15) is 0 Å². The Labute approximate surface area is 293 Å². The second-order valence-electron chi connectivity index (χ2n) is 14.7. The predicted octanol–water partition coefficient (Wildman–Crippen LogP) is 4.50. The molecule has 0 rings (SSSR count). The first kappa shape index (κ1) is 45.4. The molecule has 49 heavy (non-hydrogen) atoms. The van der Waals surface area contributed by atoms with E-state index in [4.69, 9.17) is 14.2 Å². The number of carbonyl (C=O) groups is 5. The second-order valence-corrected chi connectivity index (χ2v) is 14.7. The van der Waals surface area contributed by atoms with Gasteiger partial charge in [-0.15, -0.1) is 0 Å². The fourth-order valence-electron chi connectivity index (χ4n) is 4.07. The van der Waals surface area contributed by atoms with Gasteiger partial charge in [-0.05, 0) is 114 Å². The molecule has 6 N–H and O–H groups in total. The van der Waals surface area contributed by atoms with Crippen molar-refractivity contribution in [1.29, 1.82) is 0 Å². The van der Waals surface area contributed by atoms with E-state index >= 15 is 0 Å². The van der Waals surface area contributed by atoms with Crippen molar-refractivity contribution in [3.05, 3.63) is 0 Å². The molecule has 0 aromatic carbocycles. The molecular formula is C34H65N7O8. The van der Waals surface area contributed by atoms with Gasteiger partial charge in [0.2, 0.25) is 17.8 Å². The van der Waals surface area contributed by atoms with Gasteiger partial charge >= 0.3 is 18.3 Å². The Kier molecular flexibility index (Phi) is 21.9. The highest BCUT2D eigenvalue weighted by Gasteiger charge is 2.24. The summed E-state index contributed by atoms with van der Waals surface area (Å²) < 4.78 is 15.7. The van der Waals surface area contributed by atoms with Gasteiger partial charge in [0.15, 0.2) is 0 Å². The summed E-state index contributed by atoms with van der Waals surface area (Å²) in [6, 6.07) is 0. The molecular weight excluding hydrogens is 634 g/mol. The molecule has 0 fully saturated rings. The molecule has 1 atom stereocenters. The number of guanidine groups is 1. The van der Waals surface area contributed by atoms with Crippen LogP contribution in [0.3, 0.4) is 0 Å². The van der Waals surface area contributed by atoms with E-state index < -0.39 is 41.0 Å². The Bertz CT molecular complexity index is 1010. The molecule has 0 heterocycles. The highest BCUT2D eigenvalue weighted by molar-refractivity contribution is 6.01. The Balaban J connectivity index is 4.27. The second kappa shape index (κ2) is 23.7. The van der Waals surface area contributed by atoms with Crippen molar-refractivity contribution < 1.29 is 38.2 Å². The lowest BCUT2D eigenvalue weighted by Gasteiger charge is -2.22. The molecule has 1 unspecified atom stereocenters. The molecule has 284 valence electrons. The van der Waals surface area contributed by atoms with E-state index in [0.29, 0.717) is 39.0 Å². The summed E-state index contributed by atoms with van der Waals surface area (Å²) in [5, 5.41) is 16.7. The molecule has 0 aromatic rings. The minimum absolute atomic E-state index is 0.0575. The van der Waals surface area contributed by atoms with Crippen LogP contribution in [0.15, 0.2) is 4.99 Å². The van der Waals surface area contributed by atoms with Crippen LogP contribution >= 0.6 is 0 Å². The number of amides is 5. The molecule has 0 aromatic heterocycles. The van der Waals surface area contributed by atoms with Crippen LogP contribution < -0.4 is 31.9 Å². The van der Waals surface area contributed by atoms with Gasteiger partial charge in [0, 0.05) is 26.2 Å². The number of aliphatic imine (C=N–C) groups is 1. The summed E-state index contributed by atoms with van der Waals surface area (Å²) in [4.78, 5) is 65.5. The summed E-state index contributed by atoms with van der Waals surface area (Å²) in [6.07, 6.45) is 3.98. The number of rotatable bonds is 19. The maximum absolute atomic E-state index is 12.6. The quantitative estimate of drug-likeness (QED) is 0.0370. The molecule has 0 aliphatic rings. The molecule has 15 nitrogen and oxygen atoms in total. The SMILES string of the molecule is CCC(C(=O)NCCCCCCN=C(NC(=O)OC(C)(C)C)NC(=O)OC(C)(C)C)C(=O)NCCCCNCCCNC(=O)OC(C)(C)C. The Morgan fingerprint density at radius 1 is 0.531 bits per heavy atom. The number of unbranched alkanes of at least 4 members (excludes halogenated alkanes) is 4. The third-order valence-corrected chi connectivity index (χ3v) is 6.21. The number of alkyl carbamates (subject to hydrolysis) is 3. The van der Waals surface area contributed by atoms with Crippen molar-refractivity contribution in [3.8, 4) is 0 Å². The third-order valence-electron chi connectivity index (χ3n) is 6.21. The number of hydrogen-bond acceptors (Lipinski definition) is 10. The largest absolute Gasteiger partial charge is 0.444 e. The molecule has 0 bridgehead atoms. The molecule has 0 aliphatic carbocycles. The van der Waals surface area contributed by atoms with Crippen LogP contribution in [0.5, 0.6) is 0 Å². The van der Waals surface area contributed by atoms with Gasteiger partial charge in [-0.25, -0.2) is 14.4 Å². The topological polar surface area (TPSA) is 198 Å². The van der Waals surface area contributed by atoms with Crippen molar-refractivity contribution in [3.63, 3.8) is 0 Å². The van der Waals surface area contributed by atoms with Crippen LogP contribution in [0, 0.1) is 5.92 Å². The summed E-state index contributed by atoms with van der Waals surface area (Å²) in [5.74, 6) is -1.34. The van der Waals surface area contributed by atoms with Gasteiger partial charge in [-0.3, -0.25) is 25.2 Å².